The number of rotatable bonds is 4. The third-order valence-corrected chi connectivity index (χ3v) is 4.94. The average molecular weight is 360 g/mol. The van der Waals surface area contributed by atoms with Crippen LogP contribution in [0.1, 0.15) is 12.6 Å². The molecule has 27 heavy (non-hydrogen) atoms. The Bertz CT molecular complexity index is 918. The van der Waals surface area contributed by atoms with Gasteiger partial charge in [-0.15, -0.1) is 0 Å². The first kappa shape index (κ1) is 17.5. The van der Waals surface area contributed by atoms with Crippen molar-refractivity contribution in [2.24, 2.45) is 0 Å². The fourth-order valence-electron chi connectivity index (χ4n) is 3.53. The minimum Gasteiger partial charge on any atom is -0.384 e. The molecular weight excluding hydrogens is 336 g/mol. The molecule has 4 rings (SSSR count). The third kappa shape index (κ3) is 3.64. The van der Waals surface area contributed by atoms with E-state index in [0.29, 0.717) is 5.82 Å². The number of nitrogen functional groups attached to an aromatic ring is 1. The topological polar surface area (TPSA) is 64.3 Å². The second kappa shape index (κ2) is 7.76. The summed E-state index contributed by atoms with van der Waals surface area (Å²) in [6.07, 6.45) is 2.79. The maximum Gasteiger partial charge on any atom is 0.128 e. The molecule has 5 nitrogen and oxygen atoms in total. The highest BCUT2D eigenvalue weighted by Crippen LogP contribution is 2.34. The van der Waals surface area contributed by atoms with E-state index in [1.807, 2.05) is 12.3 Å². The number of aryl methyl sites for hydroxylation is 1. The van der Waals surface area contributed by atoms with Gasteiger partial charge in [-0.3, -0.25) is 0 Å². The van der Waals surface area contributed by atoms with Gasteiger partial charge in [0.1, 0.15) is 11.6 Å². The van der Waals surface area contributed by atoms with E-state index >= 15 is 0 Å². The van der Waals surface area contributed by atoms with Gasteiger partial charge in [-0.2, -0.15) is 0 Å². The first-order valence-electron chi connectivity index (χ1n) is 9.40. The van der Waals surface area contributed by atoms with Gasteiger partial charge in [-0.05, 0) is 41.8 Å². The lowest BCUT2D eigenvalue weighted by molar-refractivity contribution is 0.122. The Labute approximate surface area is 159 Å². The van der Waals surface area contributed by atoms with Gasteiger partial charge in [-0.25, -0.2) is 9.97 Å². The van der Waals surface area contributed by atoms with Crippen LogP contribution in [-0.4, -0.2) is 36.3 Å². The highest BCUT2D eigenvalue weighted by atomic mass is 16.5. The van der Waals surface area contributed by atoms with Crippen molar-refractivity contribution in [3.8, 4) is 22.3 Å². The van der Waals surface area contributed by atoms with E-state index < -0.39 is 0 Å². The number of anilines is 2. The van der Waals surface area contributed by atoms with Crippen LogP contribution in [0.4, 0.5) is 11.6 Å². The van der Waals surface area contributed by atoms with Crippen LogP contribution in [0, 0.1) is 0 Å². The predicted octanol–water partition coefficient (Wildman–Crippen LogP) is 3.79. The second-order valence-corrected chi connectivity index (χ2v) is 6.63. The number of aromatic nitrogens is 2. The SMILES string of the molecule is CCc1nc(N)ccc1-c1ccccc1-c1ccc(N2CCOCC2)nc1. The molecule has 1 fully saturated rings. The fourth-order valence-corrected chi connectivity index (χ4v) is 3.53. The van der Waals surface area contributed by atoms with Gasteiger partial charge in [0.2, 0.25) is 0 Å². The van der Waals surface area contributed by atoms with Crippen LogP contribution < -0.4 is 10.6 Å². The first-order chi connectivity index (χ1) is 13.3. The standard InChI is InChI=1S/C22H24N4O/c1-2-20-19(8-9-21(23)25-20)18-6-4-3-5-17(18)16-7-10-22(24-15-16)26-11-13-27-14-12-26/h3-10,15H,2,11-14H2,1H3,(H2,23,25). The molecule has 0 amide bonds. The average Bonchev–Trinajstić information content (AvgIpc) is 2.74. The summed E-state index contributed by atoms with van der Waals surface area (Å²) < 4.78 is 5.42. The highest BCUT2D eigenvalue weighted by Gasteiger charge is 2.14. The lowest BCUT2D eigenvalue weighted by Gasteiger charge is -2.27. The van der Waals surface area contributed by atoms with E-state index in [1.54, 1.807) is 0 Å². The molecule has 3 heterocycles. The molecule has 0 saturated carbocycles. The summed E-state index contributed by atoms with van der Waals surface area (Å²) in [6.45, 7) is 5.40. The zero-order valence-electron chi connectivity index (χ0n) is 15.6. The van der Waals surface area contributed by atoms with Crippen molar-refractivity contribution < 1.29 is 4.74 Å². The molecule has 0 atom stereocenters. The molecule has 1 aliphatic heterocycles. The van der Waals surface area contributed by atoms with E-state index in [9.17, 15) is 0 Å². The van der Waals surface area contributed by atoms with Gasteiger partial charge in [0.25, 0.3) is 0 Å². The van der Waals surface area contributed by atoms with Crippen LogP contribution >= 0.6 is 0 Å². The molecule has 3 aromatic rings. The van der Waals surface area contributed by atoms with Crippen molar-refractivity contribution in [1.82, 2.24) is 9.97 Å². The molecule has 0 spiro atoms. The molecule has 2 N–H and O–H groups in total. The van der Waals surface area contributed by atoms with Crippen LogP contribution in [0.2, 0.25) is 0 Å². The summed E-state index contributed by atoms with van der Waals surface area (Å²) in [5.41, 5.74) is 11.4. The minimum atomic E-state index is 0.560. The molecule has 5 heteroatoms. The Balaban J connectivity index is 1.71. The quantitative estimate of drug-likeness (QED) is 0.767. The molecule has 138 valence electrons. The minimum absolute atomic E-state index is 0.560. The molecule has 1 saturated heterocycles. The van der Waals surface area contributed by atoms with E-state index in [1.165, 1.54) is 0 Å². The summed E-state index contributed by atoms with van der Waals surface area (Å²) in [7, 11) is 0. The van der Waals surface area contributed by atoms with Gasteiger partial charge < -0.3 is 15.4 Å². The molecule has 2 aromatic heterocycles. The van der Waals surface area contributed by atoms with Crippen LogP contribution in [0.5, 0.6) is 0 Å². The van der Waals surface area contributed by atoms with Crippen LogP contribution in [0.25, 0.3) is 22.3 Å². The van der Waals surface area contributed by atoms with E-state index in [4.69, 9.17) is 15.5 Å². The van der Waals surface area contributed by atoms with Gasteiger partial charge >= 0.3 is 0 Å². The Morgan fingerprint density at radius 1 is 0.963 bits per heavy atom. The van der Waals surface area contributed by atoms with E-state index in [0.717, 1.165) is 66.5 Å². The van der Waals surface area contributed by atoms with Crippen molar-refractivity contribution in [1.29, 1.82) is 0 Å². The maximum absolute atomic E-state index is 5.88. The van der Waals surface area contributed by atoms with Crippen molar-refractivity contribution in [2.45, 2.75) is 13.3 Å². The molecule has 1 aromatic carbocycles. The third-order valence-electron chi connectivity index (χ3n) is 4.94. The van der Waals surface area contributed by atoms with Gasteiger partial charge in [0.05, 0.1) is 18.9 Å². The number of nitrogens with two attached hydrogens (primary N) is 1. The fraction of sp³-hybridized carbons (Fsp3) is 0.273. The van der Waals surface area contributed by atoms with Gasteiger partial charge in [0.15, 0.2) is 0 Å². The Hall–Kier alpha value is -2.92. The van der Waals surface area contributed by atoms with Gasteiger partial charge in [0, 0.05) is 30.4 Å². The number of hydrogen-bond donors (Lipinski definition) is 1. The Morgan fingerprint density at radius 2 is 1.74 bits per heavy atom. The molecule has 1 aliphatic rings. The lowest BCUT2D eigenvalue weighted by atomic mass is 9.94. The monoisotopic (exact) mass is 360 g/mol. The molecule has 0 aliphatic carbocycles. The van der Waals surface area contributed by atoms with Crippen molar-refractivity contribution in [2.75, 3.05) is 36.9 Å². The van der Waals surface area contributed by atoms with E-state index in [-0.39, 0.29) is 0 Å². The zero-order valence-corrected chi connectivity index (χ0v) is 15.6. The highest BCUT2D eigenvalue weighted by molar-refractivity contribution is 5.84. The number of hydrogen-bond acceptors (Lipinski definition) is 5. The van der Waals surface area contributed by atoms with E-state index in [2.05, 4.69) is 59.3 Å². The Kier molecular flexibility index (Phi) is 5.03. The number of benzene rings is 1. The van der Waals surface area contributed by atoms with Crippen molar-refractivity contribution in [3.63, 3.8) is 0 Å². The van der Waals surface area contributed by atoms with Crippen molar-refractivity contribution in [3.05, 3.63) is 60.4 Å². The maximum atomic E-state index is 5.88. The lowest BCUT2D eigenvalue weighted by Crippen LogP contribution is -2.36. The molecule has 0 radical (unpaired) electrons. The second-order valence-electron chi connectivity index (χ2n) is 6.63. The smallest absolute Gasteiger partial charge is 0.128 e. The molecular formula is C22H24N4O. The summed E-state index contributed by atoms with van der Waals surface area (Å²) in [4.78, 5) is 11.5. The first-order valence-corrected chi connectivity index (χ1v) is 9.40. The van der Waals surface area contributed by atoms with Crippen LogP contribution in [-0.2, 0) is 11.2 Å². The van der Waals surface area contributed by atoms with Gasteiger partial charge in [-0.1, -0.05) is 31.2 Å². The summed E-state index contributed by atoms with van der Waals surface area (Å²) in [5, 5.41) is 0. The number of nitrogens with zero attached hydrogens (tertiary/aromatic N) is 3. The largest absolute Gasteiger partial charge is 0.384 e. The summed E-state index contributed by atoms with van der Waals surface area (Å²) >= 11 is 0. The normalized spacial score (nSPS) is 14.3. The van der Waals surface area contributed by atoms with Crippen LogP contribution in [0.3, 0.4) is 0 Å². The molecule has 0 bridgehead atoms. The predicted molar refractivity (Wildman–Crippen MR) is 110 cm³/mol. The number of morpholine rings is 1. The molecule has 0 unspecified atom stereocenters. The number of pyridine rings is 2. The Morgan fingerprint density at radius 3 is 2.44 bits per heavy atom. The number of ether oxygens (including phenoxy) is 1. The summed E-state index contributed by atoms with van der Waals surface area (Å²) in [6, 6.07) is 16.6. The zero-order chi connectivity index (χ0) is 18.6. The van der Waals surface area contributed by atoms with Crippen molar-refractivity contribution >= 4 is 11.6 Å². The summed E-state index contributed by atoms with van der Waals surface area (Å²) in [5.74, 6) is 1.56. The van der Waals surface area contributed by atoms with Crippen LogP contribution in [0.15, 0.2) is 54.7 Å².